The first-order valence-electron chi connectivity index (χ1n) is 11.3. The van der Waals surface area contributed by atoms with Crippen molar-refractivity contribution in [2.75, 3.05) is 29.2 Å². The van der Waals surface area contributed by atoms with Crippen LogP contribution in [0.5, 0.6) is 11.5 Å². The van der Waals surface area contributed by atoms with Crippen molar-refractivity contribution in [2.24, 2.45) is 0 Å². The van der Waals surface area contributed by atoms with Crippen LogP contribution >= 0.6 is 0 Å². The molecule has 3 aromatic carbocycles. The normalized spacial score (nSPS) is 12.1. The molecule has 8 heteroatoms. The molecule has 35 heavy (non-hydrogen) atoms. The number of fused-ring (bicyclic) bond motifs is 1. The van der Waals surface area contributed by atoms with E-state index in [-0.39, 0.29) is 5.91 Å². The molecule has 8 nitrogen and oxygen atoms in total. The zero-order valence-corrected chi connectivity index (χ0v) is 19.5. The van der Waals surface area contributed by atoms with E-state index >= 15 is 0 Å². The fourth-order valence-electron chi connectivity index (χ4n) is 3.69. The maximum Gasteiger partial charge on any atom is 0.259 e. The zero-order valence-electron chi connectivity index (χ0n) is 19.5. The number of aromatic nitrogens is 2. The van der Waals surface area contributed by atoms with Crippen LogP contribution in [0.15, 0.2) is 72.8 Å². The summed E-state index contributed by atoms with van der Waals surface area (Å²) in [7, 11) is 0. The Balaban J connectivity index is 1.26. The van der Waals surface area contributed by atoms with Crippen molar-refractivity contribution in [3.8, 4) is 11.5 Å². The van der Waals surface area contributed by atoms with Crippen LogP contribution in [0, 0.1) is 13.8 Å². The minimum Gasteiger partial charge on any atom is -0.486 e. The SMILES string of the molecule is Cc1ccc(Nc2cc(C)nc(Nc3ccc(NC(=O)c4cccc5c4OCCO5)cc3)n2)cc1. The number of anilines is 5. The molecule has 0 saturated heterocycles. The van der Waals surface area contributed by atoms with Gasteiger partial charge in [-0.25, -0.2) is 4.98 Å². The summed E-state index contributed by atoms with van der Waals surface area (Å²) in [6.45, 7) is 4.86. The van der Waals surface area contributed by atoms with Crippen LogP contribution in [0.2, 0.25) is 0 Å². The maximum absolute atomic E-state index is 12.8. The lowest BCUT2D eigenvalue weighted by Crippen LogP contribution is -2.20. The van der Waals surface area contributed by atoms with Crippen LogP contribution < -0.4 is 25.4 Å². The highest BCUT2D eigenvalue weighted by Crippen LogP contribution is 2.34. The summed E-state index contributed by atoms with van der Waals surface area (Å²) in [6, 6.07) is 22.6. The summed E-state index contributed by atoms with van der Waals surface area (Å²) in [4.78, 5) is 21.9. The van der Waals surface area contributed by atoms with Gasteiger partial charge in [0.1, 0.15) is 19.0 Å². The number of benzene rings is 3. The van der Waals surface area contributed by atoms with Gasteiger partial charge in [-0.05, 0) is 62.4 Å². The van der Waals surface area contributed by atoms with E-state index in [0.717, 1.165) is 17.1 Å². The van der Waals surface area contributed by atoms with Crippen LogP contribution in [-0.4, -0.2) is 29.1 Å². The van der Waals surface area contributed by atoms with E-state index in [1.165, 1.54) is 5.56 Å². The lowest BCUT2D eigenvalue weighted by atomic mass is 10.1. The number of nitrogens with zero attached hydrogens (tertiary/aromatic N) is 2. The van der Waals surface area contributed by atoms with Crippen molar-refractivity contribution in [2.45, 2.75) is 13.8 Å². The fourth-order valence-corrected chi connectivity index (χ4v) is 3.69. The van der Waals surface area contributed by atoms with Crippen LogP contribution in [-0.2, 0) is 0 Å². The minimum atomic E-state index is -0.262. The molecular formula is C27H25N5O3. The molecule has 0 bridgehead atoms. The summed E-state index contributed by atoms with van der Waals surface area (Å²) in [5, 5.41) is 9.44. The third kappa shape index (κ3) is 5.33. The zero-order chi connectivity index (χ0) is 24.2. The molecule has 176 valence electrons. The average Bonchev–Trinajstić information content (AvgIpc) is 2.86. The highest BCUT2D eigenvalue weighted by atomic mass is 16.6. The van der Waals surface area contributed by atoms with Gasteiger partial charge in [0.15, 0.2) is 11.5 Å². The lowest BCUT2D eigenvalue weighted by Gasteiger charge is -2.20. The first-order valence-corrected chi connectivity index (χ1v) is 11.3. The largest absolute Gasteiger partial charge is 0.486 e. The Bertz CT molecular complexity index is 1350. The van der Waals surface area contributed by atoms with Gasteiger partial charge in [-0.2, -0.15) is 4.98 Å². The van der Waals surface area contributed by atoms with E-state index in [2.05, 4.69) is 32.8 Å². The van der Waals surface area contributed by atoms with Gasteiger partial charge >= 0.3 is 0 Å². The Morgan fingerprint density at radius 2 is 1.49 bits per heavy atom. The van der Waals surface area contributed by atoms with E-state index in [1.807, 2.05) is 61.5 Å². The quantitative estimate of drug-likeness (QED) is 0.339. The molecule has 0 radical (unpaired) electrons. The lowest BCUT2D eigenvalue weighted by molar-refractivity contribution is 0.101. The van der Waals surface area contributed by atoms with Gasteiger partial charge in [-0.15, -0.1) is 0 Å². The monoisotopic (exact) mass is 467 g/mol. The number of rotatable bonds is 6. The number of aryl methyl sites for hydroxylation is 2. The second-order valence-electron chi connectivity index (χ2n) is 8.20. The van der Waals surface area contributed by atoms with E-state index < -0.39 is 0 Å². The van der Waals surface area contributed by atoms with Crippen molar-refractivity contribution >= 4 is 34.7 Å². The van der Waals surface area contributed by atoms with Crippen molar-refractivity contribution < 1.29 is 14.3 Å². The van der Waals surface area contributed by atoms with Gasteiger partial charge < -0.3 is 25.4 Å². The molecule has 1 aromatic heterocycles. The van der Waals surface area contributed by atoms with Crippen LogP contribution in [0.1, 0.15) is 21.6 Å². The smallest absolute Gasteiger partial charge is 0.259 e. The second-order valence-corrected chi connectivity index (χ2v) is 8.20. The standard InChI is InChI=1S/C27H25N5O3/c1-17-6-8-19(9-7-17)29-24-16-18(2)28-27(32-24)31-21-12-10-20(11-13-21)30-26(33)22-4-3-5-23-25(22)35-15-14-34-23/h3-13,16H,14-15H2,1-2H3,(H,30,33)(H2,28,29,31,32). The number of hydrogen-bond acceptors (Lipinski definition) is 7. The minimum absolute atomic E-state index is 0.262. The molecule has 0 atom stereocenters. The number of ether oxygens (including phenoxy) is 2. The van der Waals surface area contributed by atoms with Crippen LogP contribution in [0.3, 0.4) is 0 Å². The first kappa shape index (κ1) is 22.2. The summed E-state index contributed by atoms with van der Waals surface area (Å²) < 4.78 is 11.2. The predicted octanol–water partition coefficient (Wildman–Crippen LogP) is 5.60. The number of para-hydroxylation sites is 1. The Kier molecular flexibility index (Phi) is 6.17. The maximum atomic E-state index is 12.8. The van der Waals surface area contributed by atoms with Gasteiger partial charge in [0.2, 0.25) is 5.95 Å². The first-order chi connectivity index (χ1) is 17.0. The number of hydrogen-bond donors (Lipinski definition) is 3. The van der Waals surface area contributed by atoms with Gasteiger partial charge in [-0.3, -0.25) is 4.79 Å². The van der Waals surface area contributed by atoms with Crippen LogP contribution in [0.25, 0.3) is 0 Å². The number of carbonyl (C=O) groups excluding carboxylic acids is 1. The molecule has 4 aromatic rings. The molecule has 1 amide bonds. The summed E-state index contributed by atoms with van der Waals surface area (Å²) in [6.07, 6.45) is 0. The molecule has 2 heterocycles. The summed E-state index contributed by atoms with van der Waals surface area (Å²) >= 11 is 0. The fraction of sp³-hybridized carbons (Fsp3) is 0.148. The molecule has 1 aliphatic heterocycles. The Hall–Kier alpha value is -4.59. The number of amides is 1. The molecule has 0 fully saturated rings. The molecule has 0 aliphatic carbocycles. The Labute approximate surface area is 203 Å². The van der Waals surface area contributed by atoms with E-state index in [0.29, 0.717) is 47.7 Å². The Morgan fingerprint density at radius 3 is 2.29 bits per heavy atom. The molecule has 0 spiro atoms. The van der Waals surface area contributed by atoms with Gasteiger partial charge in [-0.1, -0.05) is 23.8 Å². The van der Waals surface area contributed by atoms with Crippen molar-refractivity contribution in [1.82, 2.24) is 9.97 Å². The highest BCUT2D eigenvalue weighted by molar-refractivity contribution is 6.06. The molecule has 3 N–H and O–H groups in total. The molecule has 0 unspecified atom stereocenters. The predicted molar refractivity (Wildman–Crippen MR) is 136 cm³/mol. The third-order valence-corrected chi connectivity index (χ3v) is 5.39. The third-order valence-electron chi connectivity index (χ3n) is 5.39. The number of nitrogens with one attached hydrogen (secondary N) is 3. The van der Waals surface area contributed by atoms with Crippen molar-refractivity contribution in [3.63, 3.8) is 0 Å². The molecule has 0 saturated carbocycles. The Morgan fingerprint density at radius 1 is 0.800 bits per heavy atom. The molecule has 5 rings (SSSR count). The summed E-state index contributed by atoms with van der Waals surface area (Å²) in [5.41, 5.74) is 4.87. The van der Waals surface area contributed by atoms with Gasteiger partial charge in [0.25, 0.3) is 5.91 Å². The van der Waals surface area contributed by atoms with E-state index in [1.54, 1.807) is 18.2 Å². The second kappa shape index (κ2) is 9.72. The van der Waals surface area contributed by atoms with Gasteiger partial charge in [0, 0.05) is 28.8 Å². The molecular weight excluding hydrogens is 442 g/mol. The highest BCUT2D eigenvalue weighted by Gasteiger charge is 2.20. The summed E-state index contributed by atoms with van der Waals surface area (Å²) in [5.74, 6) is 1.97. The van der Waals surface area contributed by atoms with Crippen molar-refractivity contribution in [3.05, 3.63) is 89.6 Å². The van der Waals surface area contributed by atoms with E-state index in [9.17, 15) is 4.79 Å². The molecule has 1 aliphatic rings. The topological polar surface area (TPSA) is 97.4 Å². The van der Waals surface area contributed by atoms with E-state index in [4.69, 9.17) is 9.47 Å². The number of carbonyl (C=O) groups is 1. The van der Waals surface area contributed by atoms with Gasteiger partial charge in [0.05, 0.1) is 5.56 Å². The van der Waals surface area contributed by atoms with Crippen LogP contribution in [0.4, 0.5) is 28.8 Å². The van der Waals surface area contributed by atoms with Crippen molar-refractivity contribution in [1.29, 1.82) is 0 Å². The average molecular weight is 468 g/mol.